The van der Waals surface area contributed by atoms with Crippen LogP contribution in [0.15, 0.2) is 47.4 Å². The minimum Gasteiger partial charge on any atom is -0.507 e. The van der Waals surface area contributed by atoms with Crippen molar-refractivity contribution in [3.05, 3.63) is 59.2 Å². The highest BCUT2D eigenvalue weighted by Crippen LogP contribution is 2.32. The number of hydrogen-bond acceptors (Lipinski definition) is 4. The molecular formula is C17H17NO4S. The summed E-state index contributed by atoms with van der Waals surface area (Å²) in [5.74, 6) is -0.504. The molecule has 0 saturated heterocycles. The molecule has 120 valence electrons. The van der Waals surface area contributed by atoms with E-state index in [9.17, 15) is 18.3 Å². The molecule has 1 atom stereocenters. The molecule has 2 aromatic rings. The number of phenolic OH excluding ortho intramolecular Hbond substituents is 1. The molecule has 1 aliphatic heterocycles. The number of phenols is 1. The van der Waals surface area contributed by atoms with E-state index in [0.717, 1.165) is 5.56 Å². The average molecular weight is 331 g/mol. The fourth-order valence-electron chi connectivity index (χ4n) is 2.81. The molecule has 0 unspecified atom stereocenters. The monoisotopic (exact) mass is 331 g/mol. The van der Waals surface area contributed by atoms with Gasteiger partial charge in [-0.1, -0.05) is 24.3 Å². The molecule has 1 aliphatic rings. The van der Waals surface area contributed by atoms with Crippen molar-refractivity contribution in [2.75, 3.05) is 5.75 Å². The lowest BCUT2D eigenvalue weighted by Gasteiger charge is -2.26. The van der Waals surface area contributed by atoms with Gasteiger partial charge in [0.25, 0.3) is 5.91 Å². The van der Waals surface area contributed by atoms with Gasteiger partial charge in [-0.3, -0.25) is 4.79 Å². The standard InChI is InChI=1S/C17H17NO4S/c1-11-6-7-13(15(19)10-11)17(20)18-14-8-9-23(21,22)16-5-3-2-4-12(14)16/h2-7,10,14,19H,8-9H2,1H3,(H,18,20)/t14-/m0/s1. The van der Waals surface area contributed by atoms with Crippen molar-refractivity contribution in [1.82, 2.24) is 5.32 Å². The number of carbonyl (C=O) groups excluding carboxylic acids is 1. The molecule has 6 heteroatoms. The van der Waals surface area contributed by atoms with Gasteiger partial charge in [0.1, 0.15) is 5.75 Å². The van der Waals surface area contributed by atoms with E-state index in [4.69, 9.17) is 0 Å². The van der Waals surface area contributed by atoms with E-state index in [1.165, 1.54) is 6.07 Å². The Bertz CT molecular complexity index is 874. The third-order valence-electron chi connectivity index (χ3n) is 4.01. The van der Waals surface area contributed by atoms with Crippen molar-refractivity contribution in [3.8, 4) is 5.75 Å². The van der Waals surface area contributed by atoms with E-state index in [2.05, 4.69) is 5.32 Å². The molecule has 1 heterocycles. The van der Waals surface area contributed by atoms with Crippen LogP contribution >= 0.6 is 0 Å². The molecule has 0 spiro atoms. The average Bonchev–Trinajstić information content (AvgIpc) is 2.50. The third kappa shape index (κ3) is 2.94. The van der Waals surface area contributed by atoms with Crippen LogP contribution in [0.2, 0.25) is 0 Å². The quantitative estimate of drug-likeness (QED) is 0.885. The molecule has 23 heavy (non-hydrogen) atoms. The van der Waals surface area contributed by atoms with Crippen LogP contribution in [0.25, 0.3) is 0 Å². The van der Waals surface area contributed by atoms with E-state index < -0.39 is 15.7 Å². The summed E-state index contributed by atoms with van der Waals surface area (Å²) >= 11 is 0. The van der Waals surface area contributed by atoms with Crippen LogP contribution in [0.5, 0.6) is 5.75 Å². The van der Waals surface area contributed by atoms with E-state index in [0.29, 0.717) is 12.0 Å². The van der Waals surface area contributed by atoms with Gasteiger partial charge in [-0.05, 0) is 42.7 Å². The lowest BCUT2D eigenvalue weighted by molar-refractivity contribution is 0.0932. The first-order chi connectivity index (χ1) is 10.9. The van der Waals surface area contributed by atoms with Gasteiger partial charge in [-0.2, -0.15) is 0 Å². The van der Waals surface area contributed by atoms with Gasteiger partial charge < -0.3 is 10.4 Å². The van der Waals surface area contributed by atoms with Crippen LogP contribution in [0.4, 0.5) is 0 Å². The maximum atomic E-state index is 12.4. The number of hydrogen-bond donors (Lipinski definition) is 2. The number of fused-ring (bicyclic) bond motifs is 1. The number of amides is 1. The zero-order valence-electron chi connectivity index (χ0n) is 12.6. The molecule has 0 radical (unpaired) electrons. The zero-order chi connectivity index (χ0) is 16.6. The smallest absolute Gasteiger partial charge is 0.255 e. The van der Waals surface area contributed by atoms with Crippen LogP contribution in [-0.4, -0.2) is 25.2 Å². The van der Waals surface area contributed by atoms with Gasteiger partial charge in [-0.25, -0.2) is 8.42 Å². The van der Waals surface area contributed by atoms with Crippen LogP contribution in [-0.2, 0) is 9.84 Å². The Balaban J connectivity index is 1.90. The second-order valence-corrected chi connectivity index (χ2v) is 7.77. The zero-order valence-corrected chi connectivity index (χ0v) is 13.4. The van der Waals surface area contributed by atoms with Crippen LogP contribution < -0.4 is 5.32 Å². The molecule has 0 bridgehead atoms. The van der Waals surface area contributed by atoms with Gasteiger partial charge in [0, 0.05) is 0 Å². The number of aromatic hydroxyl groups is 1. The lowest BCUT2D eigenvalue weighted by Crippen LogP contribution is -2.33. The molecule has 1 amide bonds. The third-order valence-corrected chi connectivity index (χ3v) is 5.82. The van der Waals surface area contributed by atoms with Crippen molar-refractivity contribution in [1.29, 1.82) is 0 Å². The van der Waals surface area contributed by atoms with Crippen molar-refractivity contribution in [3.63, 3.8) is 0 Å². The predicted molar refractivity (Wildman–Crippen MR) is 86.2 cm³/mol. The van der Waals surface area contributed by atoms with Crippen LogP contribution in [0.3, 0.4) is 0 Å². The number of carbonyl (C=O) groups is 1. The summed E-state index contributed by atoms with van der Waals surface area (Å²) in [6, 6.07) is 11.1. The highest BCUT2D eigenvalue weighted by molar-refractivity contribution is 7.91. The van der Waals surface area contributed by atoms with Crippen molar-refractivity contribution in [2.24, 2.45) is 0 Å². The number of benzene rings is 2. The highest BCUT2D eigenvalue weighted by atomic mass is 32.2. The van der Waals surface area contributed by atoms with Crippen molar-refractivity contribution in [2.45, 2.75) is 24.3 Å². The fraction of sp³-hybridized carbons (Fsp3) is 0.235. The summed E-state index contributed by atoms with van der Waals surface area (Å²) in [4.78, 5) is 12.7. The van der Waals surface area contributed by atoms with E-state index in [1.807, 2.05) is 6.92 Å². The number of nitrogens with one attached hydrogen (secondary N) is 1. The molecule has 5 nitrogen and oxygen atoms in total. The van der Waals surface area contributed by atoms with Gasteiger partial charge >= 0.3 is 0 Å². The van der Waals surface area contributed by atoms with E-state index >= 15 is 0 Å². The largest absolute Gasteiger partial charge is 0.507 e. The Morgan fingerprint density at radius 3 is 2.70 bits per heavy atom. The second kappa shape index (κ2) is 5.70. The topological polar surface area (TPSA) is 83.5 Å². The fourth-order valence-corrected chi connectivity index (χ4v) is 4.43. The maximum Gasteiger partial charge on any atom is 0.255 e. The summed E-state index contributed by atoms with van der Waals surface area (Å²) in [7, 11) is -3.29. The normalized spacial score (nSPS) is 18.9. The molecule has 2 N–H and O–H groups in total. The molecule has 3 rings (SSSR count). The van der Waals surface area contributed by atoms with E-state index in [-0.39, 0.29) is 28.0 Å². The second-order valence-electron chi connectivity index (χ2n) is 5.69. The molecule has 2 aromatic carbocycles. The Morgan fingerprint density at radius 2 is 1.96 bits per heavy atom. The summed E-state index contributed by atoms with van der Waals surface area (Å²) in [5, 5.41) is 12.7. The van der Waals surface area contributed by atoms with Crippen molar-refractivity contribution >= 4 is 15.7 Å². The first kappa shape index (κ1) is 15.6. The first-order valence-electron chi connectivity index (χ1n) is 7.30. The maximum absolute atomic E-state index is 12.4. The summed E-state index contributed by atoms with van der Waals surface area (Å²) in [6.45, 7) is 1.82. The minimum atomic E-state index is -3.29. The van der Waals surface area contributed by atoms with Gasteiger partial charge in [-0.15, -0.1) is 0 Å². The Morgan fingerprint density at radius 1 is 1.22 bits per heavy atom. The summed E-state index contributed by atoms with van der Waals surface area (Å²) in [5.41, 5.74) is 1.63. The predicted octanol–water partition coefficient (Wildman–Crippen LogP) is 2.35. The molecule has 0 saturated carbocycles. The minimum absolute atomic E-state index is 0.00512. The number of rotatable bonds is 2. The SMILES string of the molecule is Cc1ccc(C(=O)N[C@H]2CCS(=O)(=O)c3ccccc32)c(O)c1. The van der Waals surface area contributed by atoms with Gasteiger partial charge in [0.05, 0.1) is 22.3 Å². The lowest BCUT2D eigenvalue weighted by atomic mass is 10.0. The molecular weight excluding hydrogens is 314 g/mol. The Hall–Kier alpha value is -2.34. The first-order valence-corrected chi connectivity index (χ1v) is 8.96. The summed E-state index contributed by atoms with van der Waals surface area (Å²) in [6.07, 6.45) is 0.317. The van der Waals surface area contributed by atoms with E-state index in [1.54, 1.807) is 36.4 Å². The van der Waals surface area contributed by atoms with Gasteiger partial charge in [0.15, 0.2) is 9.84 Å². The van der Waals surface area contributed by atoms with Gasteiger partial charge in [0.2, 0.25) is 0 Å². The summed E-state index contributed by atoms with van der Waals surface area (Å²) < 4.78 is 24.2. The highest BCUT2D eigenvalue weighted by Gasteiger charge is 2.31. The van der Waals surface area contributed by atoms with Crippen molar-refractivity contribution < 1.29 is 18.3 Å². The number of aryl methyl sites for hydroxylation is 1. The molecule has 0 aliphatic carbocycles. The molecule has 0 aromatic heterocycles. The Kier molecular flexibility index (Phi) is 3.85. The molecule has 0 fully saturated rings. The number of sulfone groups is 1. The Labute approximate surface area is 134 Å². The van der Waals surface area contributed by atoms with Crippen LogP contribution in [0, 0.1) is 6.92 Å². The van der Waals surface area contributed by atoms with Crippen LogP contribution in [0.1, 0.15) is 33.9 Å².